The van der Waals surface area contributed by atoms with Crippen molar-refractivity contribution in [2.45, 2.75) is 12.6 Å². The zero-order valence-corrected chi connectivity index (χ0v) is 14.3. The normalized spacial score (nSPS) is 16.7. The van der Waals surface area contributed by atoms with E-state index in [0.29, 0.717) is 11.4 Å². The van der Waals surface area contributed by atoms with Crippen molar-refractivity contribution in [3.63, 3.8) is 0 Å². The predicted octanol–water partition coefficient (Wildman–Crippen LogP) is 1.67. The van der Waals surface area contributed by atoms with Gasteiger partial charge >= 0.3 is 0 Å². The molecule has 6 nitrogen and oxygen atoms in total. The number of para-hydroxylation sites is 2. The van der Waals surface area contributed by atoms with Crippen LogP contribution in [0.25, 0.3) is 0 Å². The van der Waals surface area contributed by atoms with Crippen LogP contribution in [0.3, 0.4) is 0 Å². The van der Waals surface area contributed by atoms with Crippen LogP contribution in [0, 0.1) is 5.82 Å². The van der Waals surface area contributed by atoms with Gasteiger partial charge in [-0.15, -0.1) is 0 Å². The molecule has 1 aliphatic heterocycles. The Balaban J connectivity index is 1.74. The summed E-state index contributed by atoms with van der Waals surface area (Å²) in [5.41, 5.74) is 1.14. The number of hydrogen-bond donors (Lipinski definition) is 1. The molecule has 1 N–H and O–H groups in total. The first kappa shape index (κ1) is 17.2. The zero-order chi connectivity index (χ0) is 18.0. The highest BCUT2D eigenvalue weighted by atomic mass is 32.2. The standard InChI is InChI=1S/C17H17FN2O4S/c1-25(22,23)20-11-16(24-15-5-3-2-4-14(15)20)17(21)19-10-12-6-8-13(18)9-7-12/h2-9,16H,10-11H2,1H3,(H,19,21)/t16-/m1/s1. The number of anilines is 1. The van der Waals surface area contributed by atoms with E-state index in [1.54, 1.807) is 36.4 Å². The van der Waals surface area contributed by atoms with E-state index in [1.165, 1.54) is 12.1 Å². The molecule has 132 valence electrons. The van der Waals surface area contributed by atoms with Gasteiger partial charge in [-0.25, -0.2) is 12.8 Å². The first-order valence-electron chi connectivity index (χ1n) is 7.60. The van der Waals surface area contributed by atoms with Crippen molar-refractivity contribution in [3.05, 3.63) is 59.9 Å². The molecule has 2 aromatic rings. The van der Waals surface area contributed by atoms with Crippen molar-refractivity contribution < 1.29 is 22.3 Å². The second-order valence-corrected chi connectivity index (χ2v) is 7.62. The molecule has 0 bridgehead atoms. The molecule has 1 amide bonds. The molecule has 1 heterocycles. The second kappa shape index (κ2) is 6.72. The van der Waals surface area contributed by atoms with Crippen LogP contribution in [0.4, 0.5) is 10.1 Å². The van der Waals surface area contributed by atoms with Gasteiger partial charge in [0.25, 0.3) is 5.91 Å². The van der Waals surface area contributed by atoms with Crippen molar-refractivity contribution in [1.29, 1.82) is 0 Å². The van der Waals surface area contributed by atoms with Gasteiger partial charge in [0.2, 0.25) is 10.0 Å². The maximum atomic E-state index is 12.9. The quantitative estimate of drug-likeness (QED) is 0.895. The summed E-state index contributed by atoms with van der Waals surface area (Å²) in [6.07, 6.45) is 0.118. The van der Waals surface area contributed by atoms with Crippen LogP contribution in [-0.2, 0) is 21.4 Å². The molecule has 0 unspecified atom stereocenters. The van der Waals surface area contributed by atoms with Crippen molar-refractivity contribution in [2.24, 2.45) is 0 Å². The highest BCUT2D eigenvalue weighted by Crippen LogP contribution is 2.34. The summed E-state index contributed by atoms with van der Waals surface area (Å²) in [7, 11) is -3.55. The SMILES string of the molecule is CS(=O)(=O)N1C[C@H](C(=O)NCc2ccc(F)cc2)Oc2ccccc21. The lowest BCUT2D eigenvalue weighted by Crippen LogP contribution is -2.50. The number of fused-ring (bicyclic) bond motifs is 1. The number of nitrogens with zero attached hydrogens (tertiary/aromatic N) is 1. The van der Waals surface area contributed by atoms with E-state index in [9.17, 15) is 17.6 Å². The second-order valence-electron chi connectivity index (χ2n) is 5.71. The van der Waals surface area contributed by atoms with Gasteiger partial charge in [0, 0.05) is 6.54 Å². The number of nitrogens with one attached hydrogen (secondary N) is 1. The molecule has 0 radical (unpaired) electrons. The van der Waals surface area contributed by atoms with E-state index >= 15 is 0 Å². The smallest absolute Gasteiger partial charge is 0.263 e. The highest BCUT2D eigenvalue weighted by molar-refractivity contribution is 7.92. The molecule has 0 saturated carbocycles. The van der Waals surface area contributed by atoms with Crippen LogP contribution in [0.15, 0.2) is 48.5 Å². The molecule has 8 heteroatoms. The fourth-order valence-corrected chi connectivity index (χ4v) is 3.47. The molecule has 25 heavy (non-hydrogen) atoms. The van der Waals surface area contributed by atoms with Crippen molar-refractivity contribution in [3.8, 4) is 5.75 Å². The lowest BCUT2D eigenvalue weighted by Gasteiger charge is -2.33. The Labute approximate surface area is 145 Å². The number of sulfonamides is 1. The van der Waals surface area contributed by atoms with Gasteiger partial charge in [-0.1, -0.05) is 24.3 Å². The third-order valence-corrected chi connectivity index (χ3v) is 4.95. The molecule has 0 saturated heterocycles. The summed E-state index contributed by atoms with van der Waals surface area (Å²) in [5.74, 6) is -0.459. The average molecular weight is 364 g/mol. The lowest BCUT2D eigenvalue weighted by atomic mass is 10.2. The summed E-state index contributed by atoms with van der Waals surface area (Å²) in [4.78, 5) is 12.4. The molecule has 1 aliphatic rings. The third kappa shape index (κ3) is 3.90. The number of carbonyl (C=O) groups excluding carboxylic acids is 1. The molecule has 0 aromatic heterocycles. The van der Waals surface area contributed by atoms with E-state index in [4.69, 9.17) is 4.74 Å². The highest BCUT2D eigenvalue weighted by Gasteiger charge is 2.34. The Bertz CT molecular complexity index is 884. The molecule has 3 rings (SSSR count). The first-order chi connectivity index (χ1) is 11.8. The lowest BCUT2D eigenvalue weighted by molar-refractivity contribution is -0.127. The summed E-state index contributed by atoms with van der Waals surface area (Å²) >= 11 is 0. The number of ether oxygens (including phenoxy) is 1. The van der Waals surface area contributed by atoms with E-state index < -0.39 is 22.0 Å². The fraction of sp³-hybridized carbons (Fsp3) is 0.235. The van der Waals surface area contributed by atoms with Gasteiger partial charge in [0.15, 0.2) is 6.10 Å². The van der Waals surface area contributed by atoms with Gasteiger partial charge in [-0.05, 0) is 29.8 Å². The maximum absolute atomic E-state index is 12.9. The van der Waals surface area contributed by atoms with Crippen molar-refractivity contribution in [1.82, 2.24) is 5.32 Å². The van der Waals surface area contributed by atoms with Gasteiger partial charge in [0.05, 0.1) is 18.5 Å². The van der Waals surface area contributed by atoms with Gasteiger partial charge < -0.3 is 10.1 Å². The minimum Gasteiger partial charge on any atom is -0.476 e. The number of hydrogen-bond acceptors (Lipinski definition) is 4. The van der Waals surface area contributed by atoms with Crippen LogP contribution in [0.1, 0.15) is 5.56 Å². The molecule has 1 atom stereocenters. The maximum Gasteiger partial charge on any atom is 0.263 e. The molecular weight excluding hydrogens is 347 g/mol. The summed E-state index contributed by atoms with van der Waals surface area (Å²) in [6, 6.07) is 12.4. The summed E-state index contributed by atoms with van der Waals surface area (Å²) < 4.78 is 43.8. The number of benzene rings is 2. The number of amides is 1. The minimum absolute atomic E-state index is 0.106. The minimum atomic E-state index is -3.55. The molecule has 0 spiro atoms. The number of halogens is 1. The van der Waals surface area contributed by atoms with E-state index in [-0.39, 0.29) is 18.9 Å². The van der Waals surface area contributed by atoms with Gasteiger partial charge in [-0.3, -0.25) is 9.10 Å². The summed E-state index contributed by atoms with van der Waals surface area (Å²) in [6.45, 7) is 0.0879. The largest absolute Gasteiger partial charge is 0.476 e. The van der Waals surface area contributed by atoms with E-state index in [1.807, 2.05) is 0 Å². The molecular formula is C17H17FN2O4S. The van der Waals surface area contributed by atoms with Crippen molar-refractivity contribution >= 4 is 21.6 Å². The Hall–Kier alpha value is -2.61. The van der Waals surface area contributed by atoms with Crippen LogP contribution >= 0.6 is 0 Å². The van der Waals surface area contributed by atoms with E-state index in [0.717, 1.165) is 16.1 Å². The Morgan fingerprint density at radius 1 is 1.24 bits per heavy atom. The van der Waals surface area contributed by atoms with E-state index in [2.05, 4.69) is 5.32 Å². The van der Waals surface area contributed by atoms with Gasteiger partial charge in [0.1, 0.15) is 11.6 Å². The Kier molecular flexibility index (Phi) is 4.63. The average Bonchev–Trinajstić information content (AvgIpc) is 2.59. The topological polar surface area (TPSA) is 75.7 Å². The van der Waals surface area contributed by atoms with Gasteiger partial charge in [-0.2, -0.15) is 0 Å². The third-order valence-electron chi connectivity index (χ3n) is 3.81. The van der Waals surface area contributed by atoms with Crippen LogP contribution in [0.2, 0.25) is 0 Å². The molecule has 0 fully saturated rings. The Morgan fingerprint density at radius 3 is 2.60 bits per heavy atom. The number of rotatable bonds is 4. The van der Waals surface area contributed by atoms with Crippen LogP contribution in [0.5, 0.6) is 5.75 Å². The van der Waals surface area contributed by atoms with Crippen LogP contribution in [-0.4, -0.2) is 33.2 Å². The molecule has 2 aromatic carbocycles. The monoisotopic (exact) mass is 364 g/mol. The Morgan fingerprint density at radius 2 is 1.92 bits per heavy atom. The first-order valence-corrected chi connectivity index (χ1v) is 9.45. The fourth-order valence-electron chi connectivity index (χ4n) is 2.56. The predicted molar refractivity (Wildman–Crippen MR) is 91.3 cm³/mol. The van der Waals surface area contributed by atoms with Crippen molar-refractivity contribution in [2.75, 3.05) is 17.1 Å². The summed E-state index contributed by atoms with van der Waals surface area (Å²) in [5, 5.41) is 2.68. The number of carbonyl (C=O) groups is 1. The molecule has 0 aliphatic carbocycles. The zero-order valence-electron chi connectivity index (χ0n) is 13.5. The van der Waals surface area contributed by atoms with Crippen LogP contribution < -0.4 is 14.4 Å².